The van der Waals surface area contributed by atoms with Crippen LogP contribution in [0.5, 0.6) is 0 Å². The summed E-state index contributed by atoms with van der Waals surface area (Å²) in [7, 11) is 0. The van der Waals surface area contributed by atoms with Crippen molar-refractivity contribution >= 4 is 41.1 Å². The number of alkyl carbamates (subject to hydrolysis) is 1. The third-order valence-corrected chi connectivity index (χ3v) is 6.12. The quantitative estimate of drug-likeness (QED) is 0.171. The first-order valence-electron chi connectivity index (χ1n) is 12.8. The van der Waals surface area contributed by atoms with E-state index in [1.165, 1.54) is 49.9 Å². The molecule has 4 N–H and O–H groups in total. The first-order valence-corrected chi connectivity index (χ1v) is 12.8. The average Bonchev–Trinajstić information content (AvgIpc) is 3.38. The molecule has 0 unspecified atom stereocenters. The molecule has 214 valence electrons. The van der Waals surface area contributed by atoms with Crippen LogP contribution in [-0.4, -0.2) is 76.9 Å². The lowest BCUT2D eigenvalue weighted by atomic mass is 10.1. The Labute approximate surface area is 226 Å². The maximum atomic E-state index is 13.0. The van der Waals surface area contributed by atoms with Crippen molar-refractivity contribution in [2.45, 2.75) is 77.5 Å². The summed E-state index contributed by atoms with van der Waals surface area (Å²) in [6.45, 7) is 6.92. The number of unbranched alkanes of at least 4 members (excludes halogenated alkanes) is 1. The number of benzene rings is 1. The van der Waals surface area contributed by atoms with Crippen molar-refractivity contribution in [3.63, 3.8) is 0 Å². The number of rotatable bonds is 12. The number of nitrogens with zero attached hydrogens (tertiary/aromatic N) is 2. The van der Waals surface area contributed by atoms with Gasteiger partial charge in [-0.15, -0.1) is 0 Å². The van der Waals surface area contributed by atoms with Crippen molar-refractivity contribution in [3.8, 4) is 0 Å². The summed E-state index contributed by atoms with van der Waals surface area (Å²) in [4.78, 5) is 74.3. The van der Waals surface area contributed by atoms with Gasteiger partial charge < -0.3 is 30.9 Å². The molecule has 1 aromatic rings. The number of hydrogen-bond donors (Lipinski definition) is 4. The summed E-state index contributed by atoms with van der Waals surface area (Å²) in [5, 5.41) is 20.9. The lowest BCUT2D eigenvalue weighted by Crippen LogP contribution is -2.56. The topological polar surface area (TPSA) is 189 Å². The molecule has 14 nitrogen and oxygen atoms in total. The van der Waals surface area contributed by atoms with Gasteiger partial charge in [0.05, 0.1) is 11.5 Å². The SMILES string of the molecule is CCCCOC(=O)N[C@@H](C)C(=O)N[C@@H](C)C(=O)N1CCC[C@H]1C(=O)N[C@@H](C)C(=O)Nc1ccc([N+](=O)[O-])cc1. The standard InChI is InChI=1S/C25H36N6O8/c1-5-6-14-39-25(36)28-16(3)21(32)27-17(4)24(35)30-13-7-8-20(30)23(34)26-15(2)22(33)29-18-9-11-19(12-10-18)31(37)38/h9-12,15-17,20H,5-8,13-14H2,1-4H3,(H,26,34)(H,27,32)(H,28,36)(H,29,33)/t15-,16-,17-,20-/m0/s1. The van der Waals surface area contributed by atoms with Gasteiger partial charge in [0, 0.05) is 24.4 Å². The van der Waals surface area contributed by atoms with E-state index in [0.29, 0.717) is 31.5 Å². The number of nitrogens with one attached hydrogen (secondary N) is 4. The summed E-state index contributed by atoms with van der Waals surface area (Å²) in [6, 6.07) is 1.57. The molecular weight excluding hydrogens is 512 g/mol. The Kier molecular flexibility index (Phi) is 11.6. The van der Waals surface area contributed by atoms with Crippen LogP contribution in [-0.2, 0) is 23.9 Å². The number of anilines is 1. The summed E-state index contributed by atoms with van der Waals surface area (Å²) in [5.41, 5.74) is 0.202. The van der Waals surface area contributed by atoms with Gasteiger partial charge in [-0.3, -0.25) is 29.3 Å². The van der Waals surface area contributed by atoms with E-state index in [2.05, 4.69) is 21.3 Å². The van der Waals surface area contributed by atoms with Crippen LogP contribution in [0.2, 0.25) is 0 Å². The molecule has 0 aliphatic carbocycles. The highest BCUT2D eigenvalue weighted by atomic mass is 16.6. The van der Waals surface area contributed by atoms with Crippen LogP contribution in [0, 0.1) is 10.1 Å². The minimum Gasteiger partial charge on any atom is -0.450 e. The second-order valence-corrected chi connectivity index (χ2v) is 9.30. The number of carbonyl (C=O) groups is 5. The van der Waals surface area contributed by atoms with Gasteiger partial charge in [-0.25, -0.2) is 4.79 Å². The Hall–Kier alpha value is -4.23. The predicted molar refractivity (Wildman–Crippen MR) is 141 cm³/mol. The van der Waals surface area contributed by atoms with E-state index in [1.54, 1.807) is 0 Å². The number of likely N-dealkylation sites (tertiary alicyclic amines) is 1. The number of amides is 5. The third kappa shape index (κ3) is 9.23. The molecule has 1 saturated heterocycles. The lowest BCUT2D eigenvalue weighted by molar-refractivity contribution is -0.384. The Bertz CT molecular complexity index is 1060. The van der Waals surface area contributed by atoms with E-state index in [0.717, 1.165) is 6.42 Å². The summed E-state index contributed by atoms with van der Waals surface area (Å²) in [6.07, 6.45) is 1.78. The number of hydrogen-bond acceptors (Lipinski definition) is 8. The maximum absolute atomic E-state index is 13.0. The number of carbonyl (C=O) groups excluding carboxylic acids is 5. The van der Waals surface area contributed by atoms with Crippen molar-refractivity contribution in [2.75, 3.05) is 18.5 Å². The number of ether oxygens (including phenoxy) is 1. The van der Waals surface area contributed by atoms with Crippen LogP contribution in [0.3, 0.4) is 0 Å². The number of nitro groups is 1. The monoisotopic (exact) mass is 548 g/mol. The van der Waals surface area contributed by atoms with E-state index in [4.69, 9.17) is 4.74 Å². The molecule has 0 saturated carbocycles. The molecule has 0 aromatic heterocycles. The molecule has 1 fully saturated rings. The minimum atomic E-state index is -0.964. The molecule has 14 heteroatoms. The van der Waals surface area contributed by atoms with Crippen LogP contribution in [0.25, 0.3) is 0 Å². The van der Waals surface area contributed by atoms with Gasteiger partial charge in [0.25, 0.3) is 5.69 Å². The molecule has 4 atom stereocenters. The van der Waals surface area contributed by atoms with Crippen molar-refractivity contribution in [3.05, 3.63) is 34.4 Å². The van der Waals surface area contributed by atoms with Gasteiger partial charge in [0.1, 0.15) is 24.2 Å². The van der Waals surface area contributed by atoms with E-state index in [1.807, 2.05) is 6.92 Å². The van der Waals surface area contributed by atoms with Crippen LogP contribution in [0.4, 0.5) is 16.2 Å². The molecule has 39 heavy (non-hydrogen) atoms. The number of non-ortho nitro benzene ring substituents is 1. The molecule has 5 amide bonds. The normalized spacial score (nSPS) is 16.8. The molecule has 0 radical (unpaired) electrons. The molecule has 1 aliphatic heterocycles. The van der Waals surface area contributed by atoms with Crippen molar-refractivity contribution in [1.82, 2.24) is 20.9 Å². The Morgan fingerprint density at radius 2 is 1.64 bits per heavy atom. The van der Waals surface area contributed by atoms with Gasteiger partial charge >= 0.3 is 6.09 Å². The first-order chi connectivity index (χ1) is 18.4. The zero-order valence-electron chi connectivity index (χ0n) is 22.5. The van der Waals surface area contributed by atoms with Crippen LogP contribution < -0.4 is 21.3 Å². The fourth-order valence-electron chi connectivity index (χ4n) is 3.84. The van der Waals surface area contributed by atoms with E-state index < -0.39 is 58.8 Å². The zero-order valence-corrected chi connectivity index (χ0v) is 22.5. The second-order valence-electron chi connectivity index (χ2n) is 9.30. The summed E-state index contributed by atoms with van der Waals surface area (Å²) < 4.78 is 4.97. The van der Waals surface area contributed by atoms with Crippen LogP contribution in [0.1, 0.15) is 53.4 Å². The average molecular weight is 549 g/mol. The van der Waals surface area contributed by atoms with Crippen LogP contribution in [0.15, 0.2) is 24.3 Å². The van der Waals surface area contributed by atoms with Gasteiger partial charge in [-0.2, -0.15) is 0 Å². The molecule has 0 bridgehead atoms. The molecule has 0 spiro atoms. The van der Waals surface area contributed by atoms with E-state index >= 15 is 0 Å². The predicted octanol–water partition coefficient (Wildman–Crippen LogP) is 1.45. The summed E-state index contributed by atoms with van der Waals surface area (Å²) in [5.74, 6) is -2.11. The maximum Gasteiger partial charge on any atom is 0.407 e. The smallest absolute Gasteiger partial charge is 0.407 e. The van der Waals surface area contributed by atoms with E-state index in [-0.39, 0.29) is 12.3 Å². The van der Waals surface area contributed by atoms with Gasteiger partial charge in [-0.1, -0.05) is 13.3 Å². The largest absolute Gasteiger partial charge is 0.450 e. The Balaban J connectivity index is 1.88. The van der Waals surface area contributed by atoms with E-state index in [9.17, 15) is 34.1 Å². The molecular formula is C25H36N6O8. The van der Waals surface area contributed by atoms with Crippen molar-refractivity contribution in [2.24, 2.45) is 0 Å². The Morgan fingerprint density at radius 3 is 2.26 bits per heavy atom. The molecule has 1 heterocycles. The second kappa shape index (κ2) is 14.6. The lowest BCUT2D eigenvalue weighted by Gasteiger charge is -2.28. The highest BCUT2D eigenvalue weighted by molar-refractivity contribution is 5.99. The number of nitro benzene ring substituents is 1. The van der Waals surface area contributed by atoms with Gasteiger partial charge in [0.2, 0.25) is 23.6 Å². The first kappa shape index (κ1) is 31.0. The fourth-order valence-corrected chi connectivity index (χ4v) is 3.84. The van der Waals surface area contributed by atoms with Crippen molar-refractivity contribution < 1.29 is 33.6 Å². The third-order valence-electron chi connectivity index (χ3n) is 6.12. The van der Waals surface area contributed by atoms with Gasteiger partial charge in [-0.05, 0) is 52.2 Å². The zero-order chi connectivity index (χ0) is 29.1. The molecule has 2 rings (SSSR count). The molecule has 1 aliphatic rings. The highest BCUT2D eigenvalue weighted by Crippen LogP contribution is 2.19. The van der Waals surface area contributed by atoms with Crippen LogP contribution >= 0.6 is 0 Å². The van der Waals surface area contributed by atoms with Crippen molar-refractivity contribution in [1.29, 1.82) is 0 Å². The highest BCUT2D eigenvalue weighted by Gasteiger charge is 2.37. The van der Waals surface area contributed by atoms with Gasteiger partial charge in [0.15, 0.2) is 0 Å². The molecule has 1 aromatic carbocycles. The Morgan fingerprint density at radius 1 is 1.00 bits per heavy atom. The fraction of sp³-hybridized carbons (Fsp3) is 0.560. The minimum absolute atomic E-state index is 0.124. The summed E-state index contributed by atoms with van der Waals surface area (Å²) >= 11 is 0.